The Morgan fingerprint density at radius 3 is 2.02 bits per heavy atom. The van der Waals surface area contributed by atoms with E-state index in [0.717, 1.165) is 18.8 Å². The molecule has 3 fully saturated rings. The van der Waals surface area contributed by atoms with E-state index in [1.165, 1.54) is 43.3 Å². The van der Waals surface area contributed by atoms with E-state index < -0.39 is 16.6 Å². The van der Waals surface area contributed by atoms with Crippen molar-refractivity contribution < 1.29 is 8.85 Å². The summed E-state index contributed by atoms with van der Waals surface area (Å²) in [6, 6.07) is 0. The first-order chi connectivity index (χ1) is 20.0. The van der Waals surface area contributed by atoms with Crippen molar-refractivity contribution >= 4 is 16.6 Å². The molecule has 252 valence electrons. The number of allylic oxidation sites excluding steroid dienone is 5. The molecule has 0 heterocycles. The highest BCUT2D eigenvalue weighted by atomic mass is 28.4. The largest absolute Gasteiger partial charge is 0.413 e. The maximum Gasteiger partial charge on any atom is 0.192 e. The summed E-state index contributed by atoms with van der Waals surface area (Å²) in [5.74, 6) is 3.47. The van der Waals surface area contributed by atoms with Crippen LogP contribution in [0, 0.1) is 35.0 Å². The SMILES string of the molecule is C=C1/C(=C/C=C2\CCC[C@@]3(C)[C@@H]2CC[C@@H]3[C@H](C)/C=C\[C@H](C)C(C)C)C[C@@H](O[Si](C)(C)C(C)(C)C)C[C@@H]1O[Si](C)(C)C(C)(C)C. The Bertz CT molecular complexity index is 1100. The molecule has 3 saturated carbocycles. The lowest BCUT2D eigenvalue weighted by molar-refractivity contribution is 0.0969. The van der Waals surface area contributed by atoms with E-state index in [1.54, 1.807) is 5.57 Å². The molecule has 3 aliphatic rings. The number of fused-ring (bicyclic) bond motifs is 1. The Morgan fingerprint density at radius 2 is 1.45 bits per heavy atom. The van der Waals surface area contributed by atoms with Crippen LogP contribution in [0.25, 0.3) is 0 Å². The number of rotatable bonds is 9. The van der Waals surface area contributed by atoms with Crippen LogP contribution in [0.3, 0.4) is 0 Å². The van der Waals surface area contributed by atoms with E-state index in [4.69, 9.17) is 15.4 Å². The van der Waals surface area contributed by atoms with Gasteiger partial charge in [0.1, 0.15) is 0 Å². The molecule has 3 rings (SSSR count). The third-order valence-electron chi connectivity index (χ3n) is 13.2. The second-order valence-corrected chi connectivity index (χ2v) is 28.2. The monoisotopic (exact) mass is 641 g/mol. The van der Waals surface area contributed by atoms with Gasteiger partial charge < -0.3 is 8.85 Å². The predicted molar refractivity (Wildman–Crippen MR) is 199 cm³/mol. The van der Waals surface area contributed by atoms with Gasteiger partial charge in [0.2, 0.25) is 0 Å². The zero-order chi connectivity index (χ0) is 33.5. The summed E-state index contributed by atoms with van der Waals surface area (Å²) >= 11 is 0. The van der Waals surface area contributed by atoms with Gasteiger partial charge in [-0.25, -0.2) is 0 Å². The van der Waals surface area contributed by atoms with E-state index in [0.29, 0.717) is 29.1 Å². The van der Waals surface area contributed by atoms with E-state index in [1.807, 2.05) is 0 Å². The highest BCUT2D eigenvalue weighted by Crippen LogP contribution is 2.59. The van der Waals surface area contributed by atoms with Crippen molar-refractivity contribution in [2.75, 3.05) is 0 Å². The Labute approximate surface area is 276 Å². The predicted octanol–water partition coefficient (Wildman–Crippen LogP) is 12.7. The van der Waals surface area contributed by atoms with Crippen LogP contribution in [0.15, 0.2) is 47.6 Å². The van der Waals surface area contributed by atoms with Gasteiger partial charge in [-0.15, -0.1) is 0 Å². The summed E-state index contributed by atoms with van der Waals surface area (Å²) in [6.45, 7) is 40.5. The fourth-order valence-corrected chi connectivity index (χ4v) is 10.3. The first kappa shape index (κ1) is 37.8. The van der Waals surface area contributed by atoms with E-state index in [9.17, 15) is 0 Å². The van der Waals surface area contributed by atoms with Crippen molar-refractivity contribution in [3.63, 3.8) is 0 Å². The molecule has 2 nitrogen and oxygen atoms in total. The van der Waals surface area contributed by atoms with Crippen LogP contribution in [-0.2, 0) is 8.85 Å². The van der Waals surface area contributed by atoms with E-state index in [2.05, 4.69) is 127 Å². The average Bonchev–Trinajstić information content (AvgIpc) is 3.23. The third kappa shape index (κ3) is 8.42. The Balaban J connectivity index is 1.90. The summed E-state index contributed by atoms with van der Waals surface area (Å²) in [4.78, 5) is 0. The van der Waals surface area contributed by atoms with Crippen LogP contribution in [0.2, 0.25) is 36.3 Å². The van der Waals surface area contributed by atoms with Crippen molar-refractivity contribution in [1.29, 1.82) is 0 Å². The van der Waals surface area contributed by atoms with Crippen molar-refractivity contribution in [2.24, 2.45) is 35.0 Å². The molecule has 0 bridgehead atoms. The molecular formula is C40H72O2Si2. The van der Waals surface area contributed by atoms with Gasteiger partial charge in [0.05, 0.1) is 12.2 Å². The molecule has 0 spiro atoms. The van der Waals surface area contributed by atoms with Gasteiger partial charge in [-0.1, -0.05) is 113 Å². The van der Waals surface area contributed by atoms with Gasteiger partial charge >= 0.3 is 0 Å². The summed E-state index contributed by atoms with van der Waals surface area (Å²) in [7, 11) is -3.88. The molecule has 0 aromatic heterocycles. The summed E-state index contributed by atoms with van der Waals surface area (Å²) in [5, 5.41) is 0.352. The van der Waals surface area contributed by atoms with Gasteiger partial charge in [-0.05, 0) is 121 Å². The molecule has 0 amide bonds. The lowest BCUT2D eigenvalue weighted by atomic mass is 9.61. The Morgan fingerprint density at radius 1 is 0.864 bits per heavy atom. The minimum atomic E-state index is -1.96. The molecule has 4 heteroatoms. The minimum absolute atomic E-state index is 0.0393. The first-order valence-electron chi connectivity index (χ1n) is 18.1. The van der Waals surface area contributed by atoms with E-state index in [-0.39, 0.29) is 22.3 Å². The van der Waals surface area contributed by atoms with Crippen LogP contribution >= 0.6 is 0 Å². The van der Waals surface area contributed by atoms with Gasteiger partial charge in [-0.3, -0.25) is 0 Å². The second-order valence-electron chi connectivity index (χ2n) is 18.7. The molecule has 0 unspecified atom stereocenters. The maximum atomic E-state index is 7.09. The van der Waals surface area contributed by atoms with Crippen molar-refractivity contribution in [3.8, 4) is 0 Å². The van der Waals surface area contributed by atoms with Crippen LogP contribution in [0.5, 0.6) is 0 Å². The lowest BCUT2D eigenvalue weighted by Crippen LogP contribution is -2.49. The van der Waals surface area contributed by atoms with Gasteiger partial charge in [0.25, 0.3) is 0 Å². The number of hydrogen-bond acceptors (Lipinski definition) is 2. The zero-order valence-corrected chi connectivity index (χ0v) is 33.8. The van der Waals surface area contributed by atoms with Gasteiger partial charge in [0.15, 0.2) is 16.6 Å². The highest BCUT2D eigenvalue weighted by Gasteiger charge is 2.50. The summed E-state index contributed by atoms with van der Waals surface area (Å²) in [5.41, 5.74) is 4.64. The molecule has 44 heavy (non-hydrogen) atoms. The molecule has 7 atom stereocenters. The molecule has 3 aliphatic carbocycles. The summed E-state index contributed by atoms with van der Waals surface area (Å²) < 4.78 is 14.2. The Kier molecular flexibility index (Phi) is 11.9. The molecule has 0 aromatic carbocycles. The normalized spacial score (nSPS) is 32.6. The highest BCUT2D eigenvalue weighted by molar-refractivity contribution is 6.74. The smallest absolute Gasteiger partial charge is 0.192 e. The summed E-state index contributed by atoms with van der Waals surface area (Å²) in [6.07, 6.45) is 18.8. The van der Waals surface area contributed by atoms with Crippen LogP contribution in [0.1, 0.15) is 121 Å². The topological polar surface area (TPSA) is 18.5 Å². The minimum Gasteiger partial charge on any atom is -0.413 e. The third-order valence-corrected chi connectivity index (χ3v) is 22.2. The Hall–Kier alpha value is -0.686. The molecule has 0 aliphatic heterocycles. The number of hydrogen-bond donors (Lipinski definition) is 0. The van der Waals surface area contributed by atoms with Crippen molar-refractivity contribution in [1.82, 2.24) is 0 Å². The van der Waals surface area contributed by atoms with Crippen molar-refractivity contribution in [2.45, 2.75) is 170 Å². The zero-order valence-electron chi connectivity index (χ0n) is 31.8. The van der Waals surface area contributed by atoms with Crippen molar-refractivity contribution in [3.05, 3.63) is 47.6 Å². The maximum absolute atomic E-state index is 7.09. The quantitative estimate of drug-likeness (QED) is 0.184. The van der Waals surface area contributed by atoms with Crippen LogP contribution < -0.4 is 0 Å². The van der Waals surface area contributed by atoms with Gasteiger partial charge in [0, 0.05) is 6.42 Å². The average molecular weight is 641 g/mol. The molecule has 0 N–H and O–H groups in total. The molecule has 0 aromatic rings. The second kappa shape index (κ2) is 13.8. The first-order valence-corrected chi connectivity index (χ1v) is 23.9. The molecule has 0 saturated heterocycles. The van der Waals surface area contributed by atoms with Crippen LogP contribution in [-0.4, -0.2) is 28.8 Å². The van der Waals surface area contributed by atoms with Gasteiger partial charge in [-0.2, -0.15) is 0 Å². The van der Waals surface area contributed by atoms with E-state index >= 15 is 0 Å². The fourth-order valence-electron chi connectivity index (χ4n) is 7.62. The van der Waals surface area contributed by atoms with Crippen LogP contribution in [0.4, 0.5) is 0 Å². The molecular weight excluding hydrogens is 569 g/mol. The fraction of sp³-hybridized carbons (Fsp3) is 0.800. The molecule has 0 radical (unpaired) electrons. The lowest BCUT2D eigenvalue weighted by Gasteiger charge is -2.45. The standard InChI is InChI=1S/C40H72O2Si2/c1-28(2)29(3)19-20-30(4)35-23-24-36-32(18-17-25-40(35,36)12)21-22-33-26-34(41-43(13,14)38(6,7)8)27-37(31(33)5)42-44(15,16)39(9,10)11/h19-22,28-30,34-37H,5,17-18,23-27H2,1-4,6-16H3/b20-19-,32-21+,33-22+/t29-,30+,34+,35+,36+,37-,40+/m0/s1.